The van der Waals surface area contributed by atoms with Crippen molar-refractivity contribution in [2.45, 2.75) is 20.0 Å². The second-order valence-corrected chi connectivity index (χ2v) is 7.58. The van der Waals surface area contributed by atoms with E-state index in [0.717, 1.165) is 36.6 Å². The zero-order chi connectivity index (χ0) is 15.0. The van der Waals surface area contributed by atoms with Crippen LogP contribution in [-0.2, 0) is 0 Å². The Bertz CT molecular complexity index is 639. The third kappa shape index (κ3) is 2.99. The maximum Gasteiger partial charge on any atom is 0.264 e. The lowest BCUT2D eigenvalue weighted by molar-refractivity contribution is 0.0558. The van der Waals surface area contributed by atoms with Gasteiger partial charge in [-0.15, -0.1) is 22.7 Å². The minimum Gasteiger partial charge on any atom is -0.392 e. The number of carbonyl (C=O) groups excluding carboxylic acids is 1. The van der Waals surface area contributed by atoms with Crippen LogP contribution in [0, 0.1) is 6.92 Å². The highest BCUT2D eigenvalue weighted by atomic mass is 32.1. The molecule has 1 atom stereocenters. The molecule has 4 nitrogen and oxygen atoms in total. The second-order valence-electron chi connectivity index (χ2n) is 5.61. The van der Waals surface area contributed by atoms with E-state index in [2.05, 4.69) is 16.3 Å². The molecule has 114 valence electrons. The highest BCUT2D eigenvalue weighted by Gasteiger charge is 2.25. The van der Waals surface area contributed by atoms with Crippen molar-refractivity contribution in [2.24, 2.45) is 0 Å². The number of hydrogen-bond acceptors (Lipinski definition) is 5. The van der Waals surface area contributed by atoms with Gasteiger partial charge in [-0.1, -0.05) is 0 Å². The summed E-state index contributed by atoms with van der Waals surface area (Å²) >= 11 is 3.32. The van der Waals surface area contributed by atoms with Crippen LogP contribution in [0.1, 0.15) is 22.2 Å². The van der Waals surface area contributed by atoms with Crippen LogP contribution >= 0.6 is 22.7 Å². The third-order valence-corrected chi connectivity index (χ3v) is 6.31. The molecule has 3 heterocycles. The van der Waals surface area contributed by atoms with Crippen molar-refractivity contribution in [1.29, 1.82) is 0 Å². The molecule has 2 aromatic heterocycles. The molecule has 1 saturated heterocycles. The molecule has 0 saturated carbocycles. The Balaban J connectivity index is 1.69. The number of carbonyl (C=O) groups is 1. The second kappa shape index (κ2) is 6.04. The number of aryl methyl sites for hydroxylation is 1. The maximum atomic E-state index is 12.7. The predicted molar refractivity (Wildman–Crippen MR) is 88.5 cm³/mol. The summed E-state index contributed by atoms with van der Waals surface area (Å²) < 4.78 is 2.46. The first-order valence-corrected chi connectivity index (χ1v) is 8.92. The van der Waals surface area contributed by atoms with Crippen LogP contribution in [0.25, 0.3) is 9.40 Å². The number of fused-ring (bicyclic) bond motifs is 1. The molecule has 21 heavy (non-hydrogen) atoms. The Labute approximate surface area is 132 Å². The summed E-state index contributed by atoms with van der Waals surface area (Å²) in [7, 11) is 0. The molecule has 0 aromatic carbocycles. The fraction of sp³-hybridized carbons (Fsp3) is 0.533. The summed E-state index contributed by atoms with van der Waals surface area (Å²) in [6.45, 7) is 7.72. The smallest absolute Gasteiger partial charge is 0.264 e. The molecule has 1 fully saturated rings. The fourth-order valence-corrected chi connectivity index (χ4v) is 5.09. The van der Waals surface area contributed by atoms with Crippen LogP contribution in [0.4, 0.5) is 0 Å². The first-order valence-electron chi connectivity index (χ1n) is 7.22. The molecule has 3 rings (SSSR count). The summed E-state index contributed by atoms with van der Waals surface area (Å²) in [6, 6.07) is 2.09. The number of aliphatic hydroxyl groups is 1. The van der Waals surface area contributed by atoms with Gasteiger partial charge in [-0.2, -0.15) is 0 Å². The number of piperazine rings is 1. The predicted octanol–water partition coefficient (Wildman–Crippen LogP) is 2.41. The van der Waals surface area contributed by atoms with Crippen molar-refractivity contribution >= 4 is 38.0 Å². The van der Waals surface area contributed by atoms with E-state index in [4.69, 9.17) is 0 Å². The Morgan fingerprint density at radius 3 is 2.71 bits per heavy atom. The highest BCUT2D eigenvalue weighted by molar-refractivity contribution is 7.28. The van der Waals surface area contributed by atoms with Crippen molar-refractivity contribution in [3.8, 4) is 0 Å². The first kappa shape index (κ1) is 15.0. The first-order chi connectivity index (χ1) is 10.1. The summed E-state index contributed by atoms with van der Waals surface area (Å²) in [5.74, 6) is 0.164. The lowest BCUT2D eigenvalue weighted by Crippen LogP contribution is -2.50. The summed E-state index contributed by atoms with van der Waals surface area (Å²) in [5.41, 5.74) is 1.13. The number of amides is 1. The number of rotatable bonds is 3. The topological polar surface area (TPSA) is 43.8 Å². The molecule has 0 unspecified atom stereocenters. The van der Waals surface area contributed by atoms with E-state index in [1.807, 2.05) is 11.8 Å². The van der Waals surface area contributed by atoms with Gasteiger partial charge in [-0.3, -0.25) is 9.69 Å². The molecule has 0 aliphatic carbocycles. The average molecular weight is 324 g/mol. The molecular weight excluding hydrogens is 304 g/mol. The Morgan fingerprint density at radius 2 is 2.10 bits per heavy atom. The van der Waals surface area contributed by atoms with E-state index < -0.39 is 0 Å². The van der Waals surface area contributed by atoms with Crippen molar-refractivity contribution in [1.82, 2.24) is 9.80 Å². The quantitative estimate of drug-likeness (QED) is 0.943. The third-order valence-electron chi connectivity index (χ3n) is 3.90. The maximum absolute atomic E-state index is 12.7. The van der Waals surface area contributed by atoms with Gasteiger partial charge in [0, 0.05) is 42.1 Å². The molecule has 0 radical (unpaired) electrons. The van der Waals surface area contributed by atoms with Crippen molar-refractivity contribution in [3.05, 3.63) is 21.9 Å². The Morgan fingerprint density at radius 1 is 1.38 bits per heavy atom. The minimum absolute atomic E-state index is 0.164. The van der Waals surface area contributed by atoms with Crippen LogP contribution in [0.2, 0.25) is 0 Å². The molecule has 6 heteroatoms. The van der Waals surface area contributed by atoms with Gasteiger partial charge < -0.3 is 10.0 Å². The monoisotopic (exact) mass is 324 g/mol. The van der Waals surface area contributed by atoms with Crippen LogP contribution in [-0.4, -0.2) is 59.6 Å². The number of thiophene rings is 2. The van der Waals surface area contributed by atoms with E-state index in [0.29, 0.717) is 6.54 Å². The lowest BCUT2D eigenvalue weighted by Gasteiger charge is -2.35. The summed E-state index contributed by atoms with van der Waals surface area (Å²) in [6.07, 6.45) is -0.307. The van der Waals surface area contributed by atoms with E-state index in [-0.39, 0.29) is 12.0 Å². The zero-order valence-corrected chi connectivity index (χ0v) is 14.0. The number of nitrogens with zero attached hydrogens (tertiary/aromatic N) is 2. The van der Waals surface area contributed by atoms with Gasteiger partial charge >= 0.3 is 0 Å². The molecule has 0 spiro atoms. The van der Waals surface area contributed by atoms with Gasteiger partial charge in [0.1, 0.15) is 0 Å². The molecule has 1 aliphatic rings. The Hall–Kier alpha value is -0.950. The van der Waals surface area contributed by atoms with Gasteiger partial charge in [-0.25, -0.2) is 0 Å². The summed E-state index contributed by atoms with van der Waals surface area (Å²) in [4.78, 5) is 17.7. The Kier molecular flexibility index (Phi) is 4.31. The SMILES string of the molecule is Cc1c(C(=O)N2CCN(C[C@@H](C)O)CC2)sc2ccsc12. The largest absolute Gasteiger partial charge is 0.392 e. The fourth-order valence-electron chi connectivity index (χ4n) is 2.80. The van der Waals surface area contributed by atoms with E-state index >= 15 is 0 Å². The molecule has 1 aliphatic heterocycles. The van der Waals surface area contributed by atoms with Crippen molar-refractivity contribution < 1.29 is 9.90 Å². The van der Waals surface area contributed by atoms with Gasteiger partial charge in [0.05, 0.1) is 11.0 Å². The lowest BCUT2D eigenvalue weighted by atomic mass is 10.2. The van der Waals surface area contributed by atoms with E-state index in [1.54, 1.807) is 29.6 Å². The molecule has 0 bridgehead atoms. The van der Waals surface area contributed by atoms with Crippen molar-refractivity contribution in [2.75, 3.05) is 32.7 Å². The molecule has 1 amide bonds. The van der Waals surface area contributed by atoms with E-state index in [1.165, 1.54) is 9.40 Å². The van der Waals surface area contributed by atoms with Gasteiger partial charge in [-0.05, 0) is 30.9 Å². The van der Waals surface area contributed by atoms with Gasteiger partial charge in [0.2, 0.25) is 0 Å². The average Bonchev–Trinajstić information content (AvgIpc) is 3.02. The van der Waals surface area contributed by atoms with Gasteiger partial charge in [0.25, 0.3) is 5.91 Å². The number of hydrogen-bond donors (Lipinski definition) is 1. The number of β-amino-alcohol motifs (C(OH)–C–C–N with tert-alkyl or cyclic N) is 1. The molecule has 1 N–H and O–H groups in total. The van der Waals surface area contributed by atoms with Crippen LogP contribution in [0.3, 0.4) is 0 Å². The normalized spacial score (nSPS) is 18.3. The van der Waals surface area contributed by atoms with Crippen LogP contribution in [0.15, 0.2) is 11.4 Å². The van der Waals surface area contributed by atoms with Crippen LogP contribution < -0.4 is 0 Å². The zero-order valence-electron chi connectivity index (χ0n) is 12.3. The highest BCUT2D eigenvalue weighted by Crippen LogP contribution is 2.35. The van der Waals surface area contributed by atoms with Crippen LogP contribution in [0.5, 0.6) is 0 Å². The summed E-state index contributed by atoms with van der Waals surface area (Å²) in [5, 5.41) is 11.5. The number of aliphatic hydroxyl groups excluding tert-OH is 1. The molecular formula is C15H20N2O2S2. The standard InChI is InChI=1S/C15H20N2O2S2/c1-10(18)9-16-4-6-17(7-5-16)15(19)14-11(2)13-12(21-14)3-8-20-13/h3,8,10,18H,4-7,9H2,1-2H3/t10-/m1/s1. The van der Waals surface area contributed by atoms with Crippen molar-refractivity contribution in [3.63, 3.8) is 0 Å². The van der Waals surface area contributed by atoms with Gasteiger partial charge in [0.15, 0.2) is 0 Å². The molecule has 2 aromatic rings. The van der Waals surface area contributed by atoms with E-state index in [9.17, 15) is 9.90 Å². The minimum atomic E-state index is -0.307.